The Kier molecular flexibility index (Phi) is 5.91. The van der Waals surface area contributed by atoms with Crippen LogP contribution in [0.15, 0.2) is 36.7 Å². The van der Waals surface area contributed by atoms with Gasteiger partial charge in [-0.2, -0.15) is 0 Å². The zero-order chi connectivity index (χ0) is 22.8. The van der Waals surface area contributed by atoms with Gasteiger partial charge in [-0.15, -0.1) is 0 Å². The van der Waals surface area contributed by atoms with Crippen molar-refractivity contribution in [1.29, 1.82) is 0 Å². The fourth-order valence-electron chi connectivity index (χ4n) is 4.56. The largest absolute Gasteiger partial charge is 0.449 e. The number of anilines is 2. The van der Waals surface area contributed by atoms with Crippen LogP contribution in [0.3, 0.4) is 0 Å². The first-order valence-corrected chi connectivity index (χ1v) is 11.9. The Bertz CT molecular complexity index is 1010. The number of nitrogens with zero attached hydrogens (tertiary/aromatic N) is 2. The average molecular weight is 450 g/mol. The first-order chi connectivity index (χ1) is 16.0. The van der Waals surface area contributed by atoms with Gasteiger partial charge in [-0.25, -0.2) is 14.8 Å². The van der Waals surface area contributed by atoms with E-state index in [-0.39, 0.29) is 23.6 Å². The van der Waals surface area contributed by atoms with E-state index in [4.69, 9.17) is 4.74 Å². The Hall–Kier alpha value is -3.16. The molecule has 2 aromatic rings. The Morgan fingerprint density at radius 2 is 2.00 bits per heavy atom. The first-order valence-electron chi connectivity index (χ1n) is 11.9. The second-order valence-corrected chi connectivity index (χ2v) is 9.92. The number of ether oxygens (including phenoxy) is 1. The molecule has 0 bridgehead atoms. The van der Waals surface area contributed by atoms with Crippen molar-refractivity contribution in [3.05, 3.63) is 47.8 Å². The molecule has 8 nitrogen and oxygen atoms in total. The molecule has 0 unspecified atom stereocenters. The van der Waals surface area contributed by atoms with Crippen LogP contribution in [0, 0.1) is 5.92 Å². The Morgan fingerprint density at radius 1 is 1.21 bits per heavy atom. The van der Waals surface area contributed by atoms with Crippen molar-refractivity contribution in [2.75, 3.05) is 11.9 Å². The van der Waals surface area contributed by atoms with Crippen LogP contribution in [0.5, 0.6) is 0 Å². The van der Waals surface area contributed by atoms with Crippen LogP contribution in [0.4, 0.5) is 16.4 Å². The highest BCUT2D eigenvalue weighted by molar-refractivity contribution is 5.77. The molecule has 1 aliphatic heterocycles. The molecule has 33 heavy (non-hydrogen) atoms. The normalized spacial score (nSPS) is 25.4. The maximum absolute atomic E-state index is 11.8. The quantitative estimate of drug-likeness (QED) is 0.581. The number of hydrogen-bond donors (Lipinski definition) is 3. The van der Waals surface area contributed by atoms with E-state index in [2.05, 4.69) is 25.9 Å². The minimum atomic E-state index is -0.299. The van der Waals surface area contributed by atoms with Gasteiger partial charge in [0.05, 0.1) is 12.6 Å². The summed E-state index contributed by atoms with van der Waals surface area (Å²) in [4.78, 5) is 32.5. The molecule has 1 atom stereocenters. The summed E-state index contributed by atoms with van der Waals surface area (Å²) < 4.78 is 5.38. The fraction of sp³-hybridized carbons (Fsp3) is 0.520. The van der Waals surface area contributed by atoms with Crippen LogP contribution >= 0.6 is 0 Å². The molecule has 174 valence electrons. The Morgan fingerprint density at radius 3 is 2.73 bits per heavy atom. The van der Waals surface area contributed by atoms with Crippen molar-refractivity contribution >= 4 is 23.6 Å². The number of benzene rings is 1. The lowest BCUT2D eigenvalue weighted by Crippen LogP contribution is -2.36. The topological polar surface area (TPSA) is 105 Å². The average Bonchev–Trinajstić information content (AvgIpc) is 3.50. The minimum Gasteiger partial charge on any atom is -0.449 e. The first kappa shape index (κ1) is 21.7. The summed E-state index contributed by atoms with van der Waals surface area (Å²) in [5.41, 5.74) is 3.07. The number of amides is 2. The highest BCUT2D eigenvalue weighted by Gasteiger charge is 2.39. The molecule has 2 heterocycles. The van der Waals surface area contributed by atoms with Crippen LogP contribution < -0.4 is 16.0 Å². The number of alkyl carbamates (subject to hydrolysis) is 1. The number of nitrogens with one attached hydrogen (secondary N) is 3. The standard InChI is InChI=1S/C25H31N5O3/c1-25(8-9-25)30-24(32)33-15-16-10-18(11-16)19-13-26-23(27-14-19)28-20-5-2-4-17(12-20)21-6-3-7-22(31)29-21/h2,4-5,12-14,16,18,21H,3,6-11,15H2,1H3,(H,29,31)(H,30,32)(H,26,27,28)/t16?,18?,21-/m0/s1. The van der Waals surface area contributed by atoms with Crippen molar-refractivity contribution in [3.63, 3.8) is 0 Å². The van der Waals surface area contributed by atoms with Gasteiger partial charge < -0.3 is 20.7 Å². The van der Waals surface area contributed by atoms with Crippen molar-refractivity contribution in [2.24, 2.45) is 5.92 Å². The van der Waals surface area contributed by atoms with Gasteiger partial charge in [-0.3, -0.25) is 4.79 Å². The minimum absolute atomic E-state index is 0.0422. The monoisotopic (exact) mass is 449 g/mol. The summed E-state index contributed by atoms with van der Waals surface area (Å²) in [5, 5.41) is 9.24. The predicted molar refractivity (Wildman–Crippen MR) is 124 cm³/mol. The molecule has 2 saturated carbocycles. The molecule has 1 aromatic carbocycles. The summed E-state index contributed by atoms with van der Waals surface area (Å²) in [6.07, 6.45) is 9.96. The highest BCUT2D eigenvalue weighted by atomic mass is 16.5. The van der Waals surface area contributed by atoms with Crippen molar-refractivity contribution in [2.45, 2.75) is 69.4 Å². The zero-order valence-corrected chi connectivity index (χ0v) is 19.0. The third kappa shape index (κ3) is 5.43. The summed E-state index contributed by atoms with van der Waals surface area (Å²) >= 11 is 0. The molecule has 3 aliphatic rings. The van der Waals surface area contributed by atoms with E-state index in [1.165, 1.54) is 0 Å². The number of piperidine rings is 1. The van der Waals surface area contributed by atoms with Crippen LogP contribution in [0.2, 0.25) is 0 Å². The Balaban J connectivity index is 1.09. The molecular formula is C25H31N5O3. The van der Waals surface area contributed by atoms with Crippen LogP contribution in [0.25, 0.3) is 0 Å². The van der Waals surface area contributed by atoms with Crippen LogP contribution in [0.1, 0.15) is 75.0 Å². The van der Waals surface area contributed by atoms with Gasteiger partial charge in [-0.1, -0.05) is 12.1 Å². The van der Waals surface area contributed by atoms with Crippen LogP contribution in [-0.2, 0) is 9.53 Å². The zero-order valence-electron chi connectivity index (χ0n) is 19.0. The summed E-state index contributed by atoms with van der Waals surface area (Å²) in [6.45, 7) is 2.51. The highest BCUT2D eigenvalue weighted by Crippen LogP contribution is 2.41. The summed E-state index contributed by atoms with van der Waals surface area (Å²) in [5.74, 6) is 1.47. The fourth-order valence-corrected chi connectivity index (χ4v) is 4.56. The number of hydrogen-bond acceptors (Lipinski definition) is 6. The van der Waals surface area contributed by atoms with E-state index >= 15 is 0 Å². The number of carbonyl (C=O) groups is 2. The van der Waals surface area contributed by atoms with E-state index in [9.17, 15) is 9.59 Å². The van der Waals surface area contributed by atoms with E-state index in [0.29, 0.717) is 30.8 Å². The van der Waals surface area contributed by atoms with E-state index in [1.807, 2.05) is 43.6 Å². The number of aromatic nitrogens is 2. The molecule has 1 saturated heterocycles. The van der Waals surface area contributed by atoms with Crippen molar-refractivity contribution < 1.29 is 14.3 Å². The lowest BCUT2D eigenvalue weighted by atomic mass is 9.72. The maximum Gasteiger partial charge on any atom is 0.407 e. The summed E-state index contributed by atoms with van der Waals surface area (Å²) in [6, 6.07) is 8.10. The summed E-state index contributed by atoms with van der Waals surface area (Å²) in [7, 11) is 0. The Labute approximate surface area is 193 Å². The van der Waals surface area contributed by atoms with Gasteiger partial charge in [0.15, 0.2) is 0 Å². The van der Waals surface area contributed by atoms with Crippen LogP contribution in [-0.4, -0.2) is 34.1 Å². The lowest BCUT2D eigenvalue weighted by Gasteiger charge is -2.34. The molecule has 3 N–H and O–H groups in total. The lowest BCUT2D eigenvalue weighted by molar-refractivity contribution is -0.123. The molecule has 0 spiro atoms. The maximum atomic E-state index is 11.8. The second kappa shape index (κ2) is 9.00. The number of rotatable bonds is 7. The molecule has 2 amide bonds. The second-order valence-electron chi connectivity index (χ2n) is 9.92. The third-order valence-corrected chi connectivity index (χ3v) is 7.01. The number of carbonyl (C=O) groups excluding carboxylic acids is 2. The van der Waals surface area contributed by atoms with Crippen molar-refractivity contribution in [3.8, 4) is 0 Å². The van der Waals surface area contributed by atoms with Gasteiger partial charge >= 0.3 is 6.09 Å². The van der Waals surface area contributed by atoms with Gasteiger partial charge in [-0.05, 0) is 80.5 Å². The molecule has 8 heteroatoms. The third-order valence-electron chi connectivity index (χ3n) is 7.01. The van der Waals surface area contributed by atoms with E-state index in [0.717, 1.165) is 55.3 Å². The molecule has 0 radical (unpaired) electrons. The van der Waals surface area contributed by atoms with Gasteiger partial charge in [0, 0.05) is 30.0 Å². The van der Waals surface area contributed by atoms with Gasteiger partial charge in [0.1, 0.15) is 0 Å². The molecule has 5 rings (SSSR count). The predicted octanol–water partition coefficient (Wildman–Crippen LogP) is 4.33. The van der Waals surface area contributed by atoms with Gasteiger partial charge in [0.2, 0.25) is 11.9 Å². The smallest absolute Gasteiger partial charge is 0.407 e. The molecule has 2 aliphatic carbocycles. The van der Waals surface area contributed by atoms with E-state index in [1.54, 1.807) is 0 Å². The SMILES string of the molecule is CC1(NC(=O)OCC2CC(c3cnc(Nc4cccc([C@@H]5CCCC(=O)N5)c4)nc3)C2)CC1. The van der Waals surface area contributed by atoms with E-state index < -0.39 is 0 Å². The molecule has 1 aromatic heterocycles. The molecule has 3 fully saturated rings. The van der Waals surface area contributed by atoms with Crippen molar-refractivity contribution in [1.82, 2.24) is 20.6 Å². The molecular weight excluding hydrogens is 418 g/mol. The van der Waals surface area contributed by atoms with Gasteiger partial charge in [0.25, 0.3) is 0 Å².